The predicted octanol–water partition coefficient (Wildman–Crippen LogP) is 4.65. The van der Waals surface area contributed by atoms with E-state index >= 15 is 0 Å². The van der Waals surface area contributed by atoms with Crippen LogP contribution in [0.3, 0.4) is 0 Å². The molecule has 1 aliphatic carbocycles. The Kier molecular flexibility index (Phi) is 4.14. The Bertz CT molecular complexity index is 1040. The Balaban J connectivity index is 1.74. The average molecular weight is 378 g/mol. The molecule has 4 rings (SSSR count). The lowest BCUT2D eigenvalue weighted by atomic mass is 9.89. The summed E-state index contributed by atoms with van der Waals surface area (Å²) < 4.78 is 40.1. The van der Waals surface area contributed by atoms with E-state index in [1.807, 2.05) is 0 Å². The summed E-state index contributed by atoms with van der Waals surface area (Å²) >= 11 is 1.57. The number of nitrogens with zero attached hydrogens (tertiary/aromatic N) is 2. The quantitative estimate of drug-likeness (QED) is 0.651. The Hall–Kier alpha value is -2.15. The van der Waals surface area contributed by atoms with Crippen LogP contribution in [-0.2, 0) is 25.6 Å². The molecule has 0 radical (unpaired) electrons. The summed E-state index contributed by atoms with van der Waals surface area (Å²) in [5.41, 5.74) is 0.637. The van der Waals surface area contributed by atoms with Gasteiger partial charge in [-0.3, -0.25) is 9.36 Å². The first-order valence-corrected chi connectivity index (χ1v) is 9.30. The Morgan fingerprint density at radius 2 is 2.15 bits per heavy atom. The molecule has 0 N–H and O–H groups in total. The monoisotopic (exact) mass is 378 g/mol. The van der Waals surface area contributed by atoms with Gasteiger partial charge in [0.1, 0.15) is 4.83 Å². The lowest BCUT2D eigenvalue weighted by Crippen LogP contribution is -2.22. The number of thiophene rings is 1. The van der Waals surface area contributed by atoms with Crippen LogP contribution in [0.5, 0.6) is 0 Å². The van der Waals surface area contributed by atoms with Gasteiger partial charge in [-0.2, -0.15) is 13.2 Å². The maximum atomic E-state index is 12.9. The SMILES string of the molecule is CC1CCc2c(sc3ncn(Cc4cccc(C(F)(F)F)c4)c(=O)c23)C1. The average Bonchev–Trinajstić information content (AvgIpc) is 2.95. The van der Waals surface area contributed by atoms with Crippen molar-refractivity contribution in [2.75, 3.05) is 0 Å². The Labute approximate surface area is 152 Å². The van der Waals surface area contributed by atoms with Gasteiger partial charge in [0, 0.05) is 4.88 Å². The molecule has 1 unspecified atom stereocenters. The van der Waals surface area contributed by atoms with Gasteiger partial charge in [0.05, 0.1) is 23.8 Å². The normalized spacial score (nSPS) is 17.5. The van der Waals surface area contributed by atoms with Crippen LogP contribution in [0.15, 0.2) is 35.4 Å². The third-order valence-corrected chi connectivity index (χ3v) is 6.05. The van der Waals surface area contributed by atoms with Crippen molar-refractivity contribution < 1.29 is 13.2 Å². The molecule has 0 saturated heterocycles. The van der Waals surface area contributed by atoms with E-state index in [9.17, 15) is 18.0 Å². The minimum Gasteiger partial charge on any atom is -0.294 e. The first-order chi connectivity index (χ1) is 12.3. The summed E-state index contributed by atoms with van der Waals surface area (Å²) in [6.45, 7) is 2.28. The first-order valence-electron chi connectivity index (χ1n) is 8.49. The van der Waals surface area contributed by atoms with Gasteiger partial charge in [-0.15, -0.1) is 11.3 Å². The number of hydrogen-bond donors (Lipinski definition) is 0. The molecule has 0 bridgehead atoms. The van der Waals surface area contributed by atoms with Gasteiger partial charge in [-0.25, -0.2) is 4.98 Å². The fourth-order valence-corrected chi connectivity index (χ4v) is 4.86. The zero-order valence-electron chi connectivity index (χ0n) is 14.1. The maximum Gasteiger partial charge on any atom is 0.416 e. The van der Waals surface area contributed by atoms with Gasteiger partial charge in [0.2, 0.25) is 0 Å². The molecule has 1 aromatic carbocycles. The molecule has 1 atom stereocenters. The standard InChI is InChI=1S/C19H17F3N2OS/c1-11-5-6-14-15(7-11)26-17-16(14)18(25)24(10-23-17)9-12-3-2-4-13(8-12)19(20,21)22/h2-4,8,10-11H,5-7,9H2,1H3. The summed E-state index contributed by atoms with van der Waals surface area (Å²) in [7, 11) is 0. The summed E-state index contributed by atoms with van der Waals surface area (Å²) in [6.07, 6.45) is -0.0895. The van der Waals surface area contributed by atoms with Crippen molar-refractivity contribution in [3.05, 3.63) is 62.5 Å². The van der Waals surface area contributed by atoms with E-state index in [-0.39, 0.29) is 12.1 Å². The van der Waals surface area contributed by atoms with Gasteiger partial charge in [0.15, 0.2) is 0 Å². The molecule has 0 saturated carbocycles. The van der Waals surface area contributed by atoms with Crippen molar-refractivity contribution in [2.45, 2.75) is 38.9 Å². The zero-order valence-corrected chi connectivity index (χ0v) is 15.0. The van der Waals surface area contributed by atoms with Crippen molar-refractivity contribution in [3.8, 4) is 0 Å². The van der Waals surface area contributed by atoms with Gasteiger partial charge < -0.3 is 0 Å². The van der Waals surface area contributed by atoms with Crippen LogP contribution in [0.1, 0.15) is 34.9 Å². The molecule has 1 aliphatic rings. The number of rotatable bonds is 2. The smallest absolute Gasteiger partial charge is 0.294 e. The van der Waals surface area contributed by atoms with E-state index in [0.29, 0.717) is 16.9 Å². The molecule has 3 nitrogen and oxygen atoms in total. The number of benzene rings is 1. The second kappa shape index (κ2) is 6.23. The van der Waals surface area contributed by atoms with Crippen LogP contribution in [-0.4, -0.2) is 9.55 Å². The predicted molar refractivity (Wildman–Crippen MR) is 95.6 cm³/mol. The fourth-order valence-electron chi connectivity index (χ4n) is 3.52. The highest BCUT2D eigenvalue weighted by atomic mass is 32.1. The maximum absolute atomic E-state index is 12.9. The molecule has 2 aromatic heterocycles. The molecule has 0 aliphatic heterocycles. The number of halogens is 3. The summed E-state index contributed by atoms with van der Waals surface area (Å²) in [5, 5.41) is 0.645. The zero-order chi connectivity index (χ0) is 18.5. The minimum absolute atomic E-state index is 0.0761. The fraction of sp³-hybridized carbons (Fsp3) is 0.368. The van der Waals surface area contributed by atoms with E-state index in [0.717, 1.165) is 41.8 Å². The summed E-state index contributed by atoms with van der Waals surface area (Å²) in [4.78, 5) is 19.3. The van der Waals surface area contributed by atoms with Crippen molar-refractivity contribution in [1.82, 2.24) is 9.55 Å². The Morgan fingerprint density at radius 1 is 1.35 bits per heavy atom. The van der Waals surface area contributed by atoms with Gasteiger partial charge in [-0.05, 0) is 48.4 Å². The van der Waals surface area contributed by atoms with Crippen LogP contribution in [0, 0.1) is 5.92 Å². The highest BCUT2D eigenvalue weighted by Gasteiger charge is 2.30. The van der Waals surface area contributed by atoms with Gasteiger partial charge in [-0.1, -0.05) is 19.1 Å². The molecule has 3 aromatic rings. The number of fused-ring (bicyclic) bond motifs is 3. The first kappa shape index (κ1) is 17.3. The van der Waals surface area contributed by atoms with Crippen LogP contribution in [0.2, 0.25) is 0 Å². The lowest BCUT2D eigenvalue weighted by molar-refractivity contribution is -0.137. The minimum atomic E-state index is -4.40. The summed E-state index contributed by atoms with van der Waals surface area (Å²) in [5.74, 6) is 0.600. The molecule has 2 heterocycles. The Morgan fingerprint density at radius 3 is 2.92 bits per heavy atom. The van der Waals surface area contributed by atoms with Crippen LogP contribution < -0.4 is 5.56 Å². The second-order valence-electron chi connectivity index (χ2n) is 6.91. The molecule has 136 valence electrons. The van der Waals surface area contributed by atoms with Crippen molar-refractivity contribution in [2.24, 2.45) is 5.92 Å². The highest BCUT2D eigenvalue weighted by molar-refractivity contribution is 7.18. The molecule has 0 fully saturated rings. The number of aryl methyl sites for hydroxylation is 1. The van der Waals surface area contributed by atoms with E-state index < -0.39 is 11.7 Å². The van der Waals surface area contributed by atoms with Crippen LogP contribution in [0.4, 0.5) is 13.2 Å². The van der Waals surface area contributed by atoms with Crippen LogP contribution in [0.25, 0.3) is 10.2 Å². The summed E-state index contributed by atoms with van der Waals surface area (Å²) in [6, 6.07) is 5.07. The third kappa shape index (κ3) is 3.05. The highest BCUT2D eigenvalue weighted by Crippen LogP contribution is 2.35. The van der Waals surface area contributed by atoms with E-state index in [2.05, 4.69) is 11.9 Å². The molecular formula is C19H17F3N2OS. The second-order valence-corrected chi connectivity index (χ2v) is 7.99. The molecule has 7 heteroatoms. The molecule has 0 spiro atoms. The van der Waals surface area contributed by atoms with E-state index in [1.165, 1.54) is 21.8 Å². The lowest BCUT2D eigenvalue weighted by Gasteiger charge is -2.17. The number of aromatic nitrogens is 2. The van der Waals surface area contributed by atoms with Gasteiger partial charge in [0.25, 0.3) is 5.56 Å². The largest absolute Gasteiger partial charge is 0.416 e. The number of hydrogen-bond acceptors (Lipinski definition) is 3. The van der Waals surface area contributed by atoms with Gasteiger partial charge >= 0.3 is 6.18 Å². The number of alkyl halides is 3. The van der Waals surface area contributed by atoms with Crippen LogP contribution >= 0.6 is 11.3 Å². The van der Waals surface area contributed by atoms with Crippen molar-refractivity contribution in [1.29, 1.82) is 0 Å². The van der Waals surface area contributed by atoms with E-state index in [1.54, 1.807) is 17.4 Å². The molecule has 0 amide bonds. The molecule has 26 heavy (non-hydrogen) atoms. The van der Waals surface area contributed by atoms with E-state index in [4.69, 9.17) is 0 Å². The van der Waals surface area contributed by atoms with Crippen molar-refractivity contribution in [3.63, 3.8) is 0 Å². The third-order valence-electron chi connectivity index (χ3n) is 4.89. The topological polar surface area (TPSA) is 34.9 Å². The molecular weight excluding hydrogens is 361 g/mol. The van der Waals surface area contributed by atoms with Crippen molar-refractivity contribution >= 4 is 21.6 Å².